The Morgan fingerprint density at radius 3 is 2.61 bits per heavy atom. The Kier molecular flexibility index (Phi) is 5.68. The molecule has 0 fully saturated rings. The Balaban J connectivity index is 2.97. The van der Waals surface area contributed by atoms with Crippen LogP contribution >= 0.6 is 11.8 Å². The van der Waals surface area contributed by atoms with Crippen molar-refractivity contribution >= 4 is 21.8 Å². The number of aromatic amines is 1. The van der Waals surface area contributed by atoms with E-state index in [4.69, 9.17) is 0 Å². The summed E-state index contributed by atoms with van der Waals surface area (Å²) in [6, 6.07) is 0.0124. The summed E-state index contributed by atoms with van der Waals surface area (Å²) in [5.41, 5.74) is 0. The highest BCUT2D eigenvalue weighted by Crippen LogP contribution is 2.18. The van der Waals surface area contributed by atoms with Crippen molar-refractivity contribution < 1.29 is 8.42 Å². The summed E-state index contributed by atoms with van der Waals surface area (Å²) in [6.07, 6.45) is 4.87. The molecule has 1 heterocycles. The van der Waals surface area contributed by atoms with E-state index in [-0.39, 0.29) is 11.1 Å². The minimum Gasteiger partial charge on any atom is -0.332 e. The molecule has 1 unspecified atom stereocenters. The number of nitrogens with zero attached hydrogens (tertiary/aromatic N) is 2. The van der Waals surface area contributed by atoms with Gasteiger partial charge in [-0.1, -0.05) is 13.8 Å². The van der Waals surface area contributed by atoms with Crippen molar-refractivity contribution in [3.05, 3.63) is 12.0 Å². The first-order valence-electron chi connectivity index (χ1n) is 5.98. The van der Waals surface area contributed by atoms with Crippen molar-refractivity contribution in [1.82, 2.24) is 14.3 Å². The third kappa shape index (κ3) is 3.27. The van der Waals surface area contributed by atoms with Crippen molar-refractivity contribution in [2.24, 2.45) is 0 Å². The van der Waals surface area contributed by atoms with Crippen LogP contribution in [0.5, 0.6) is 0 Å². The molecule has 0 aromatic carbocycles. The van der Waals surface area contributed by atoms with Gasteiger partial charge < -0.3 is 4.98 Å². The maximum absolute atomic E-state index is 12.4. The van der Waals surface area contributed by atoms with Crippen LogP contribution in [0.3, 0.4) is 0 Å². The fraction of sp³-hybridized carbons (Fsp3) is 0.727. The Morgan fingerprint density at radius 1 is 1.50 bits per heavy atom. The first-order chi connectivity index (χ1) is 8.47. The molecule has 1 rings (SSSR count). The van der Waals surface area contributed by atoms with E-state index in [1.54, 1.807) is 18.8 Å². The highest BCUT2D eigenvalue weighted by atomic mass is 32.2. The fourth-order valence-corrected chi connectivity index (χ4v) is 3.98. The first kappa shape index (κ1) is 15.5. The minimum absolute atomic E-state index is 0.0124. The van der Waals surface area contributed by atoms with E-state index in [1.807, 2.05) is 20.1 Å². The average Bonchev–Trinajstić information content (AvgIpc) is 2.84. The number of thioether (sulfide) groups is 1. The number of H-pyrrole nitrogens is 1. The summed E-state index contributed by atoms with van der Waals surface area (Å²) < 4.78 is 26.2. The lowest BCUT2D eigenvalue weighted by Gasteiger charge is -2.25. The summed E-state index contributed by atoms with van der Waals surface area (Å²) in [7, 11) is -1.83. The molecular formula is C11H21N3O2S2. The molecule has 0 saturated heterocycles. The van der Waals surface area contributed by atoms with E-state index < -0.39 is 10.0 Å². The minimum atomic E-state index is -3.46. The zero-order valence-corrected chi connectivity index (χ0v) is 12.9. The summed E-state index contributed by atoms with van der Waals surface area (Å²) in [6.45, 7) is 3.93. The molecule has 1 aromatic rings. The summed E-state index contributed by atoms with van der Waals surface area (Å²) >= 11 is 1.65. The molecule has 0 amide bonds. The van der Waals surface area contributed by atoms with Gasteiger partial charge in [0.1, 0.15) is 5.82 Å². The molecule has 1 atom stereocenters. The van der Waals surface area contributed by atoms with Crippen molar-refractivity contribution in [2.75, 3.05) is 19.1 Å². The van der Waals surface area contributed by atoms with E-state index in [0.29, 0.717) is 12.2 Å². The number of aromatic nitrogens is 2. The molecule has 7 heteroatoms. The molecule has 0 aliphatic carbocycles. The van der Waals surface area contributed by atoms with Crippen LogP contribution in [0.25, 0.3) is 0 Å². The maximum atomic E-state index is 12.4. The van der Waals surface area contributed by atoms with Crippen LogP contribution in [0.15, 0.2) is 11.2 Å². The normalized spacial score (nSPS) is 14.1. The predicted octanol–water partition coefficient (Wildman–Crippen LogP) is 1.73. The molecule has 0 radical (unpaired) electrons. The Hall–Kier alpha value is -0.530. The molecular weight excluding hydrogens is 270 g/mol. The second kappa shape index (κ2) is 6.58. The number of rotatable bonds is 7. The molecule has 0 bridgehead atoms. The van der Waals surface area contributed by atoms with Gasteiger partial charge in [0.15, 0.2) is 5.03 Å². The lowest BCUT2D eigenvalue weighted by Crippen LogP contribution is -2.38. The van der Waals surface area contributed by atoms with Crippen LogP contribution in [-0.2, 0) is 16.4 Å². The van der Waals surface area contributed by atoms with E-state index in [0.717, 1.165) is 12.2 Å². The second-order valence-corrected chi connectivity index (χ2v) is 6.96. The summed E-state index contributed by atoms with van der Waals surface area (Å²) in [4.78, 5) is 6.91. The SMILES string of the molecule is CCc1ncc(S(=O)(=O)N(C)C(CC)CSC)[nH]1. The van der Waals surface area contributed by atoms with Crippen molar-refractivity contribution in [3.63, 3.8) is 0 Å². The van der Waals surface area contributed by atoms with Gasteiger partial charge >= 0.3 is 0 Å². The Labute approximate surface area is 113 Å². The molecule has 0 saturated carbocycles. The zero-order valence-electron chi connectivity index (χ0n) is 11.3. The lowest BCUT2D eigenvalue weighted by molar-refractivity contribution is 0.384. The number of hydrogen-bond donors (Lipinski definition) is 1. The van der Waals surface area contributed by atoms with Gasteiger partial charge in [0.2, 0.25) is 0 Å². The standard InChI is InChI=1S/C11H21N3O2S2/c1-5-9(8-17-4)14(3)18(15,16)11-7-12-10(6-2)13-11/h7,9H,5-6,8H2,1-4H3,(H,12,13). The fourth-order valence-electron chi connectivity index (χ4n) is 1.68. The van der Waals surface area contributed by atoms with E-state index in [1.165, 1.54) is 10.5 Å². The van der Waals surface area contributed by atoms with Gasteiger partial charge in [-0.3, -0.25) is 0 Å². The topological polar surface area (TPSA) is 66.1 Å². The van der Waals surface area contributed by atoms with Crippen molar-refractivity contribution in [2.45, 2.75) is 37.8 Å². The third-order valence-electron chi connectivity index (χ3n) is 2.94. The van der Waals surface area contributed by atoms with Crippen molar-refractivity contribution in [1.29, 1.82) is 0 Å². The molecule has 0 aliphatic rings. The van der Waals surface area contributed by atoms with Crippen LogP contribution in [-0.4, -0.2) is 47.8 Å². The van der Waals surface area contributed by atoms with Crippen LogP contribution < -0.4 is 0 Å². The number of aryl methyl sites for hydroxylation is 1. The maximum Gasteiger partial charge on any atom is 0.260 e. The summed E-state index contributed by atoms with van der Waals surface area (Å²) in [5, 5.41) is 0.182. The highest BCUT2D eigenvalue weighted by molar-refractivity contribution is 7.98. The van der Waals surface area contributed by atoms with Gasteiger partial charge in [0.05, 0.1) is 6.20 Å². The lowest BCUT2D eigenvalue weighted by atomic mass is 10.3. The molecule has 1 N–H and O–H groups in total. The van der Waals surface area contributed by atoms with Gasteiger partial charge in [-0.15, -0.1) is 0 Å². The van der Waals surface area contributed by atoms with Gasteiger partial charge in [0, 0.05) is 25.3 Å². The molecule has 1 aromatic heterocycles. The molecule has 0 spiro atoms. The van der Waals surface area contributed by atoms with Crippen LogP contribution in [0.2, 0.25) is 0 Å². The van der Waals surface area contributed by atoms with E-state index in [2.05, 4.69) is 9.97 Å². The van der Waals surface area contributed by atoms with E-state index >= 15 is 0 Å². The van der Waals surface area contributed by atoms with Gasteiger partial charge in [0.25, 0.3) is 10.0 Å². The number of nitrogens with one attached hydrogen (secondary N) is 1. The number of imidazole rings is 1. The average molecular weight is 291 g/mol. The van der Waals surface area contributed by atoms with Gasteiger partial charge in [-0.05, 0) is 12.7 Å². The van der Waals surface area contributed by atoms with E-state index in [9.17, 15) is 8.42 Å². The quantitative estimate of drug-likeness (QED) is 0.831. The van der Waals surface area contributed by atoms with Crippen LogP contribution in [0, 0.1) is 0 Å². The highest BCUT2D eigenvalue weighted by Gasteiger charge is 2.28. The van der Waals surface area contributed by atoms with Crippen LogP contribution in [0.4, 0.5) is 0 Å². The number of sulfonamides is 1. The molecule has 18 heavy (non-hydrogen) atoms. The molecule has 0 aliphatic heterocycles. The first-order valence-corrected chi connectivity index (χ1v) is 8.81. The second-order valence-electron chi connectivity index (χ2n) is 4.09. The van der Waals surface area contributed by atoms with Gasteiger partial charge in [-0.25, -0.2) is 13.4 Å². The summed E-state index contributed by atoms with van der Waals surface area (Å²) in [5.74, 6) is 1.49. The van der Waals surface area contributed by atoms with Crippen molar-refractivity contribution in [3.8, 4) is 0 Å². The van der Waals surface area contributed by atoms with Gasteiger partial charge in [-0.2, -0.15) is 16.1 Å². The number of hydrogen-bond acceptors (Lipinski definition) is 4. The molecule has 104 valence electrons. The van der Waals surface area contributed by atoms with Crippen LogP contribution in [0.1, 0.15) is 26.1 Å². The zero-order chi connectivity index (χ0) is 13.8. The third-order valence-corrected chi connectivity index (χ3v) is 5.48. The smallest absolute Gasteiger partial charge is 0.260 e. The monoisotopic (exact) mass is 291 g/mol. The Bertz CT molecular complexity index is 470. The predicted molar refractivity (Wildman–Crippen MR) is 75.4 cm³/mol. The molecule has 5 nitrogen and oxygen atoms in total. The Morgan fingerprint density at radius 2 is 2.17 bits per heavy atom. The largest absolute Gasteiger partial charge is 0.332 e.